The SMILES string of the molecule is CCN1CCCCCCN(C(=O)c2cc(OC)ccn2)[C@@H](Cc2ccccc2)COc2ccccc2C1=O. The molecular weight excluding hydrogens is 478 g/mol. The summed E-state index contributed by atoms with van der Waals surface area (Å²) in [6.45, 7) is 4.21. The molecule has 0 radical (unpaired) electrons. The van der Waals surface area contributed by atoms with E-state index >= 15 is 0 Å². The smallest absolute Gasteiger partial charge is 0.272 e. The maximum atomic E-state index is 13.9. The van der Waals surface area contributed by atoms with Gasteiger partial charge >= 0.3 is 0 Å². The van der Waals surface area contributed by atoms with Crippen molar-refractivity contribution in [1.29, 1.82) is 0 Å². The number of hydrogen-bond donors (Lipinski definition) is 0. The van der Waals surface area contributed by atoms with Gasteiger partial charge in [-0.15, -0.1) is 0 Å². The number of methoxy groups -OCH3 is 1. The van der Waals surface area contributed by atoms with Gasteiger partial charge in [0.2, 0.25) is 0 Å². The van der Waals surface area contributed by atoms with Crippen LogP contribution in [0.1, 0.15) is 59.0 Å². The molecule has 7 nitrogen and oxygen atoms in total. The zero-order chi connectivity index (χ0) is 26.7. The first-order valence-electron chi connectivity index (χ1n) is 13.5. The lowest BCUT2D eigenvalue weighted by Crippen LogP contribution is -2.46. The van der Waals surface area contributed by atoms with Crippen molar-refractivity contribution < 1.29 is 19.1 Å². The van der Waals surface area contributed by atoms with Crippen molar-refractivity contribution in [3.05, 3.63) is 89.7 Å². The molecule has 3 aromatic rings. The van der Waals surface area contributed by atoms with Gasteiger partial charge < -0.3 is 19.3 Å². The van der Waals surface area contributed by atoms with Gasteiger partial charge in [-0.1, -0.05) is 55.3 Å². The maximum absolute atomic E-state index is 13.9. The van der Waals surface area contributed by atoms with Crippen LogP contribution >= 0.6 is 0 Å². The summed E-state index contributed by atoms with van der Waals surface area (Å²) in [6.07, 6.45) is 5.95. The average Bonchev–Trinajstić information content (AvgIpc) is 2.96. The van der Waals surface area contributed by atoms with Crippen molar-refractivity contribution >= 4 is 11.8 Å². The molecule has 200 valence electrons. The van der Waals surface area contributed by atoms with Crippen LogP contribution < -0.4 is 9.47 Å². The predicted molar refractivity (Wildman–Crippen MR) is 148 cm³/mol. The quantitative estimate of drug-likeness (QED) is 0.464. The van der Waals surface area contributed by atoms with E-state index in [2.05, 4.69) is 17.1 Å². The first-order chi connectivity index (χ1) is 18.6. The predicted octanol–water partition coefficient (Wildman–Crippen LogP) is 5.26. The van der Waals surface area contributed by atoms with Crippen LogP contribution in [0.3, 0.4) is 0 Å². The number of aromatic nitrogens is 1. The largest absolute Gasteiger partial charge is 0.497 e. The molecule has 2 amide bonds. The van der Waals surface area contributed by atoms with Gasteiger partial charge in [0.05, 0.1) is 18.7 Å². The van der Waals surface area contributed by atoms with Crippen molar-refractivity contribution in [2.24, 2.45) is 0 Å². The zero-order valence-corrected chi connectivity index (χ0v) is 22.3. The molecule has 0 fully saturated rings. The van der Waals surface area contributed by atoms with Gasteiger partial charge in [0.25, 0.3) is 11.8 Å². The van der Waals surface area contributed by atoms with Crippen molar-refractivity contribution in [3.8, 4) is 11.5 Å². The van der Waals surface area contributed by atoms with Crippen LogP contribution in [0.4, 0.5) is 0 Å². The molecule has 7 heteroatoms. The van der Waals surface area contributed by atoms with Gasteiger partial charge in [0.1, 0.15) is 23.8 Å². The Balaban J connectivity index is 1.69. The van der Waals surface area contributed by atoms with E-state index in [1.807, 2.05) is 59.2 Å². The Kier molecular flexibility index (Phi) is 9.73. The number of nitrogens with zero attached hydrogens (tertiary/aromatic N) is 3. The Morgan fingerprint density at radius 1 is 1.00 bits per heavy atom. The lowest BCUT2D eigenvalue weighted by atomic mass is 10.0. The zero-order valence-electron chi connectivity index (χ0n) is 22.3. The minimum Gasteiger partial charge on any atom is -0.497 e. The molecule has 0 N–H and O–H groups in total. The average molecular weight is 516 g/mol. The Morgan fingerprint density at radius 2 is 1.74 bits per heavy atom. The highest BCUT2D eigenvalue weighted by Gasteiger charge is 2.28. The summed E-state index contributed by atoms with van der Waals surface area (Å²) < 4.78 is 11.7. The molecule has 1 aliphatic heterocycles. The Hall–Kier alpha value is -3.87. The normalized spacial score (nSPS) is 17.2. The van der Waals surface area contributed by atoms with Gasteiger partial charge in [-0.3, -0.25) is 14.6 Å². The highest BCUT2D eigenvalue weighted by atomic mass is 16.5. The van der Waals surface area contributed by atoms with E-state index in [1.165, 1.54) is 0 Å². The first kappa shape index (κ1) is 27.2. The summed E-state index contributed by atoms with van der Waals surface area (Å²) in [5.41, 5.74) is 2.01. The van der Waals surface area contributed by atoms with Gasteiger partial charge in [-0.05, 0) is 49.9 Å². The number of amides is 2. The topological polar surface area (TPSA) is 72.0 Å². The fraction of sp³-hybridized carbons (Fsp3) is 0.387. The van der Waals surface area contributed by atoms with E-state index < -0.39 is 0 Å². The Morgan fingerprint density at radius 3 is 2.50 bits per heavy atom. The van der Waals surface area contributed by atoms with Crippen LogP contribution in [-0.2, 0) is 6.42 Å². The summed E-state index contributed by atoms with van der Waals surface area (Å²) in [4.78, 5) is 35.4. The molecule has 2 aromatic carbocycles. The van der Waals surface area contributed by atoms with Gasteiger partial charge in [0.15, 0.2) is 0 Å². The van der Waals surface area contributed by atoms with Crippen LogP contribution in [0.2, 0.25) is 0 Å². The second-order valence-electron chi connectivity index (χ2n) is 9.53. The molecule has 0 saturated carbocycles. The fourth-order valence-electron chi connectivity index (χ4n) is 4.86. The second kappa shape index (κ2) is 13.6. The number of rotatable bonds is 5. The highest BCUT2D eigenvalue weighted by molar-refractivity contribution is 5.97. The number of carbonyl (C=O) groups excluding carboxylic acids is 2. The molecule has 4 rings (SSSR count). The van der Waals surface area contributed by atoms with E-state index in [1.54, 1.807) is 25.4 Å². The van der Waals surface area contributed by atoms with E-state index in [9.17, 15) is 9.59 Å². The van der Waals surface area contributed by atoms with Gasteiger partial charge in [-0.25, -0.2) is 0 Å². The minimum atomic E-state index is -0.258. The first-order valence-corrected chi connectivity index (χ1v) is 13.5. The summed E-state index contributed by atoms with van der Waals surface area (Å²) >= 11 is 0. The monoisotopic (exact) mass is 515 g/mol. The molecule has 0 saturated heterocycles. The van der Waals surface area contributed by atoms with Gasteiger partial charge in [0, 0.05) is 31.9 Å². The molecule has 1 aromatic heterocycles. The van der Waals surface area contributed by atoms with Crippen molar-refractivity contribution in [1.82, 2.24) is 14.8 Å². The third kappa shape index (κ3) is 6.91. The number of pyridine rings is 1. The number of ether oxygens (including phenoxy) is 2. The number of hydrogen-bond acceptors (Lipinski definition) is 5. The van der Waals surface area contributed by atoms with Crippen LogP contribution in [0.5, 0.6) is 11.5 Å². The van der Waals surface area contributed by atoms with E-state index in [0.29, 0.717) is 48.8 Å². The summed E-state index contributed by atoms with van der Waals surface area (Å²) in [7, 11) is 1.58. The number of fused-ring (bicyclic) bond motifs is 1. The van der Waals surface area contributed by atoms with E-state index in [-0.39, 0.29) is 24.5 Å². The summed E-state index contributed by atoms with van der Waals surface area (Å²) in [5, 5.41) is 0. The Bertz CT molecular complexity index is 1200. The molecule has 38 heavy (non-hydrogen) atoms. The molecule has 1 atom stereocenters. The third-order valence-corrected chi connectivity index (χ3v) is 7.00. The molecule has 0 aliphatic carbocycles. The fourth-order valence-corrected chi connectivity index (χ4v) is 4.86. The molecule has 2 heterocycles. The lowest BCUT2D eigenvalue weighted by molar-refractivity contribution is 0.0591. The maximum Gasteiger partial charge on any atom is 0.272 e. The highest BCUT2D eigenvalue weighted by Crippen LogP contribution is 2.24. The van der Waals surface area contributed by atoms with Crippen molar-refractivity contribution in [2.45, 2.75) is 45.1 Å². The molecular formula is C31H37N3O4. The van der Waals surface area contributed by atoms with Crippen molar-refractivity contribution in [2.75, 3.05) is 33.4 Å². The number of benzene rings is 2. The van der Waals surface area contributed by atoms with Crippen LogP contribution in [0, 0.1) is 0 Å². The second-order valence-corrected chi connectivity index (χ2v) is 9.53. The summed E-state index contributed by atoms with van der Waals surface area (Å²) in [5.74, 6) is 0.961. The molecule has 0 unspecified atom stereocenters. The summed E-state index contributed by atoms with van der Waals surface area (Å²) in [6, 6.07) is 20.7. The van der Waals surface area contributed by atoms with Crippen LogP contribution in [0.25, 0.3) is 0 Å². The number of para-hydroxylation sites is 1. The van der Waals surface area contributed by atoms with E-state index in [4.69, 9.17) is 9.47 Å². The van der Waals surface area contributed by atoms with Crippen molar-refractivity contribution in [3.63, 3.8) is 0 Å². The molecule has 0 spiro atoms. The molecule has 1 aliphatic rings. The third-order valence-electron chi connectivity index (χ3n) is 7.00. The molecule has 0 bridgehead atoms. The lowest BCUT2D eigenvalue weighted by Gasteiger charge is -2.33. The van der Waals surface area contributed by atoms with Crippen LogP contribution in [-0.4, -0.2) is 66.0 Å². The minimum absolute atomic E-state index is 0.0201. The van der Waals surface area contributed by atoms with Crippen LogP contribution in [0.15, 0.2) is 72.9 Å². The number of carbonyl (C=O) groups is 2. The van der Waals surface area contributed by atoms with Gasteiger partial charge in [-0.2, -0.15) is 0 Å². The standard InChI is InChI=1S/C31H37N3O4/c1-3-33-19-11-4-5-12-20-34(31(36)28-22-26(37-2)17-18-32-28)25(21-24-13-7-6-8-14-24)23-38-29-16-10-9-15-27(29)30(33)35/h6-10,13-18,22,25H,3-5,11-12,19-21,23H2,1-2H3/t25-/m0/s1. The Labute approximate surface area is 225 Å². The van der Waals surface area contributed by atoms with E-state index in [0.717, 1.165) is 31.2 Å².